The third kappa shape index (κ3) is 23.0. The zero-order valence-corrected chi connectivity index (χ0v) is 9.05. The summed E-state index contributed by atoms with van der Waals surface area (Å²) >= 11 is 0. The fourth-order valence-electron chi connectivity index (χ4n) is 0.243. The Morgan fingerprint density at radius 3 is 1.83 bits per heavy atom. The van der Waals surface area contributed by atoms with Gasteiger partial charge in [-0.2, -0.15) is 0 Å². The molecular formula is C11H22O. The molecule has 0 aromatic carbocycles. The summed E-state index contributed by atoms with van der Waals surface area (Å²) in [6.07, 6.45) is 5.18. The lowest BCUT2D eigenvalue weighted by atomic mass is 10.4. The first-order valence-electron chi connectivity index (χ1n) is 4.33. The molecule has 0 spiro atoms. The topological polar surface area (TPSA) is 9.23 Å². The fraction of sp³-hybridized carbons (Fsp3) is 0.455. The smallest absolute Gasteiger partial charge is 0.111 e. The van der Waals surface area contributed by atoms with Crippen LogP contribution in [0.4, 0.5) is 0 Å². The van der Waals surface area contributed by atoms with Crippen molar-refractivity contribution in [2.24, 2.45) is 0 Å². The van der Waals surface area contributed by atoms with Gasteiger partial charge in [0.15, 0.2) is 0 Å². The molecule has 0 aliphatic carbocycles. The minimum Gasteiger partial charge on any atom is -0.497 e. The number of rotatable bonds is 3. The molecule has 1 heteroatoms. The molecule has 0 bridgehead atoms. The first-order valence-corrected chi connectivity index (χ1v) is 4.33. The molecule has 12 heavy (non-hydrogen) atoms. The molecule has 1 nitrogen and oxygen atoms in total. The Kier molecular flexibility index (Phi) is 32.2. The standard InChI is InChI=1S/C7H10O.2C2H6/c1-4-5-6-7(2)8-3;2*1-2/h4-6H,1-2H2,3H3;2*1-2H3/b6-5-;;. The second-order valence-electron chi connectivity index (χ2n) is 1.27. The first kappa shape index (κ1) is 17.2. The van der Waals surface area contributed by atoms with Crippen molar-refractivity contribution in [3.05, 3.63) is 37.1 Å². The molecule has 0 heterocycles. The summed E-state index contributed by atoms with van der Waals surface area (Å²) in [7, 11) is 1.58. The van der Waals surface area contributed by atoms with Crippen LogP contribution < -0.4 is 0 Å². The fourth-order valence-corrected chi connectivity index (χ4v) is 0.243. The van der Waals surface area contributed by atoms with Crippen LogP contribution in [0.1, 0.15) is 27.7 Å². The lowest BCUT2D eigenvalue weighted by molar-refractivity contribution is 0.309. The van der Waals surface area contributed by atoms with E-state index in [1.165, 1.54) is 0 Å². The second-order valence-corrected chi connectivity index (χ2v) is 1.27. The van der Waals surface area contributed by atoms with Crippen LogP contribution in [0.5, 0.6) is 0 Å². The van der Waals surface area contributed by atoms with Crippen LogP contribution in [-0.4, -0.2) is 7.11 Å². The summed E-state index contributed by atoms with van der Waals surface area (Å²) in [5.74, 6) is 0.643. The van der Waals surface area contributed by atoms with Crippen molar-refractivity contribution < 1.29 is 4.74 Å². The van der Waals surface area contributed by atoms with E-state index in [2.05, 4.69) is 13.2 Å². The highest BCUT2D eigenvalue weighted by atomic mass is 16.5. The minimum atomic E-state index is 0.643. The molecule has 0 unspecified atom stereocenters. The molecule has 0 rings (SSSR count). The van der Waals surface area contributed by atoms with Crippen molar-refractivity contribution in [2.45, 2.75) is 27.7 Å². The van der Waals surface area contributed by atoms with Gasteiger partial charge in [0.2, 0.25) is 0 Å². The van der Waals surface area contributed by atoms with Crippen molar-refractivity contribution in [1.82, 2.24) is 0 Å². The highest BCUT2D eigenvalue weighted by Crippen LogP contribution is 1.90. The Morgan fingerprint density at radius 2 is 1.58 bits per heavy atom. The van der Waals surface area contributed by atoms with E-state index >= 15 is 0 Å². The summed E-state index contributed by atoms with van der Waals surface area (Å²) in [5.41, 5.74) is 0. The highest BCUT2D eigenvalue weighted by molar-refractivity contribution is 5.12. The van der Waals surface area contributed by atoms with Crippen molar-refractivity contribution in [3.63, 3.8) is 0 Å². The van der Waals surface area contributed by atoms with Gasteiger partial charge in [-0.15, -0.1) is 0 Å². The summed E-state index contributed by atoms with van der Waals surface area (Å²) < 4.78 is 4.72. The van der Waals surface area contributed by atoms with Crippen molar-refractivity contribution >= 4 is 0 Å². The lowest BCUT2D eigenvalue weighted by Gasteiger charge is -1.92. The maximum atomic E-state index is 4.72. The van der Waals surface area contributed by atoms with Gasteiger partial charge >= 0.3 is 0 Å². The van der Waals surface area contributed by atoms with Gasteiger partial charge in [0, 0.05) is 0 Å². The third-order valence-corrected chi connectivity index (χ3v) is 0.680. The molecule has 0 aromatic heterocycles. The Labute approximate surface area is 77.4 Å². The predicted molar refractivity (Wildman–Crippen MR) is 58.2 cm³/mol. The van der Waals surface area contributed by atoms with Gasteiger partial charge in [0.1, 0.15) is 5.76 Å². The molecule has 0 aromatic rings. The predicted octanol–water partition coefficient (Wildman–Crippen LogP) is 3.94. The average molecular weight is 170 g/mol. The van der Waals surface area contributed by atoms with Gasteiger partial charge in [0.05, 0.1) is 7.11 Å². The van der Waals surface area contributed by atoms with Crippen molar-refractivity contribution in [2.75, 3.05) is 7.11 Å². The van der Waals surface area contributed by atoms with Crippen LogP contribution in [0.15, 0.2) is 37.1 Å². The highest BCUT2D eigenvalue weighted by Gasteiger charge is 1.75. The quantitative estimate of drug-likeness (QED) is 0.460. The van der Waals surface area contributed by atoms with Crippen LogP contribution in [0.3, 0.4) is 0 Å². The maximum Gasteiger partial charge on any atom is 0.111 e. The third-order valence-electron chi connectivity index (χ3n) is 0.680. The molecule has 72 valence electrons. The molecular weight excluding hydrogens is 148 g/mol. The van der Waals surface area contributed by atoms with E-state index in [9.17, 15) is 0 Å². The number of hydrogen-bond acceptors (Lipinski definition) is 1. The second kappa shape index (κ2) is 22.5. The van der Waals surface area contributed by atoms with Crippen LogP contribution >= 0.6 is 0 Å². The summed E-state index contributed by atoms with van der Waals surface area (Å²) in [5, 5.41) is 0. The van der Waals surface area contributed by atoms with E-state index in [1.54, 1.807) is 25.3 Å². The van der Waals surface area contributed by atoms with Gasteiger partial charge < -0.3 is 4.74 Å². The molecule has 0 fully saturated rings. The molecule has 0 aliphatic rings. The van der Waals surface area contributed by atoms with Crippen LogP contribution in [-0.2, 0) is 4.74 Å². The number of allylic oxidation sites excluding steroid dienone is 3. The molecule has 0 N–H and O–H groups in total. The number of ether oxygens (including phenoxy) is 1. The Bertz CT molecular complexity index is 112. The normalized spacial score (nSPS) is 7.08. The maximum absolute atomic E-state index is 4.72. The molecule has 0 atom stereocenters. The number of hydrogen-bond donors (Lipinski definition) is 0. The van der Waals surface area contributed by atoms with Gasteiger partial charge in [-0.1, -0.05) is 53.0 Å². The summed E-state index contributed by atoms with van der Waals surface area (Å²) in [6.45, 7) is 15.0. The zero-order chi connectivity index (χ0) is 10.4. The van der Waals surface area contributed by atoms with Crippen LogP contribution in [0, 0.1) is 0 Å². The molecule has 0 aliphatic heterocycles. The SMILES string of the molecule is C=C/C=C\C(=C)OC.CC.CC. The van der Waals surface area contributed by atoms with Crippen LogP contribution in [0.2, 0.25) is 0 Å². The van der Waals surface area contributed by atoms with Gasteiger partial charge in [-0.25, -0.2) is 0 Å². The average Bonchev–Trinajstić information content (AvgIpc) is 2.20. The Morgan fingerprint density at radius 1 is 1.17 bits per heavy atom. The molecule has 0 saturated carbocycles. The molecule has 0 saturated heterocycles. The van der Waals surface area contributed by atoms with Crippen molar-refractivity contribution in [3.8, 4) is 0 Å². The zero-order valence-electron chi connectivity index (χ0n) is 9.05. The largest absolute Gasteiger partial charge is 0.497 e. The number of methoxy groups -OCH3 is 1. The van der Waals surface area contributed by atoms with E-state index in [0.717, 1.165) is 0 Å². The van der Waals surface area contributed by atoms with E-state index < -0.39 is 0 Å². The van der Waals surface area contributed by atoms with Crippen molar-refractivity contribution in [1.29, 1.82) is 0 Å². The van der Waals surface area contributed by atoms with Gasteiger partial charge in [-0.05, 0) is 6.08 Å². The first-order chi connectivity index (χ1) is 5.81. The molecule has 0 amide bonds. The van der Waals surface area contributed by atoms with E-state index in [0.29, 0.717) is 5.76 Å². The molecule has 0 radical (unpaired) electrons. The van der Waals surface area contributed by atoms with E-state index in [1.807, 2.05) is 27.7 Å². The lowest BCUT2D eigenvalue weighted by Crippen LogP contribution is -1.74. The Hall–Kier alpha value is -0.980. The summed E-state index contributed by atoms with van der Waals surface area (Å²) in [4.78, 5) is 0. The van der Waals surface area contributed by atoms with Crippen LogP contribution in [0.25, 0.3) is 0 Å². The van der Waals surface area contributed by atoms with E-state index in [4.69, 9.17) is 4.74 Å². The van der Waals surface area contributed by atoms with E-state index in [-0.39, 0.29) is 0 Å². The summed E-state index contributed by atoms with van der Waals surface area (Å²) in [6, 6.07) is 0. The van der Waals surface area contributed by atoms with Gasteiger partial charge in [-0.3, -0.25) is 0 Å². The Balaban J connectivity index is -0.000000175. The monoisotopic (exact) mass is 170 g/mol. The minimum absolute atomic E-state index is 0.643. The van der Waals surface area contributed by atoms with Gasteiger partial charge in [0.25, 0.3) is 0 Å².